The van der Waals surface area contributed by atoms with Gasteiger partial charge in [0.1, 0.15) is 11.5 Å². The number of hydrogen-bond acceptors (Lipinski definition) is 1. The number of nitrogens with zero attached hydrogens (tertiary/aromatic N) is 1. The van der Waals surface area contributed by atoms with Crippen LogP contribution >= 0.6 is 0 Å². The fraction of sp³-hybridized carbons (Fsp3) is 0. The van der Waals surface area contributed by atoms with Crippen molar-refractivity contribution in [1.29, 1.82) is 0 Å². The standard InChI is InChI=1S/C36H22BNO/c1-2-12-23(13-3-1)24-14-4-7-17-28(24)37-29-18-8-11-21-33(29)39-36-30(37)22-27-25-15-5-9-19-31(25)38-32-20-10-6-16-26(32)34(36)35(27)38/h1-22H. The Hall–Kier alpha value is -5.02. The van der Waals surface area contributed by atoms with Gasteiger partial charge in [0.2, 0.25) is 0 Å². The van der Waals surface area contributed by atoms with E-state index < -0.39 is 0 Å². The number of rotatable bonds is 2. The molecule has 0 N–H and O–H groups in total. The van der Waals surface area contributed by atoms with Crippen LogP contribution in [0.3, 0.4) is 0 Å². The zero-order valence-electron chi connectivity index (χ0n) is 21.1. The molecule has 6 aromatic carbocycles. The van der Waals surface area contributed by atoms with E-state index in [9.17, 15) is 0 Å². The van der Waals surface area contributed by atoms with Crippen molar-refractivity contribution >= 4 is 61.2 Å². The van der Waals surface area contributed by atoms with E-state index in [0.29, 0.717) is 0 Å². The molecule has 0 unspecified atom stereocenters. The average Bonchev–Trinajstić information content (AvgIpc) is 3.52. The molecule has 2 aromatic heterocycles. The predicted molar refractivity (Wildman–Crippen MR) is 164 cm³/mol. The van der Waals surface area contributed by atoms with Gasteiger partial charge >= 0.3 is 0 Å². The van der Waals surface area contributed by atoms with E-state index in [2.05, 4.69) is 138 Å². The van der Waals surface area contributed by atoms with Crippen molar-refractivity contribution in [3.8, 4) is 22.6 Å². The minimum atomic E-state index is 0.0388. The molecule has 1 aliphatic rings. The third kappa shape index (κ3) is 2.77. The van der Waals surface area contributed by atoms with Crippen molar-refractivity contribution in [2.45, 2.75) is 0 Å². The molecular weight excluding hydrogens is 473 g/mol. The molecule has 0 aliphatic carbocycles. The summed E-state index contributed by atoms with van der Waals surface area (Å²) < 4.78 is 9.30. The zero-order chi connectivity index (χ0) is 25.5. The molecule has 0 saturated heterocycles. The summed E-state index contributed by atoms with van der Waals surface area (Å²) in [5.41, 5.74) is 9.90. The lowest BCUT2D eigenvalue weighted by atomic mass is 9.35. The van der Waals surface area contributed by atoms with Crippen LogP contribution in [0.2, 0.25) is 0 Å². The van der Waals surface area contributed by atoms with Gasteiger partial charge in [0, 0.05) is 16.2 Å². The molecule has 0 amide bonds. The molecule has 3 heterocycles. The largest absolute Gasteiger partial charge is 0.458 e. The first kappa shape index (κ1) is 21.0. The number of hydrogen-bond donors (Lipinski definition) is 0. The number of benzene rings is 6. The highest BCUT2D eigenvalue weighted by molar-refractivity contribution is 6.98. The predicted octanol–water partition coefficient (Wildman–Crippen LogP) is 7.13. The van der Waals surface area contributed by atoms with Crippen LogP contribution in [0.25, 0.3) is 49.2 Å². The monoisotopic (exact) mass is 495 g/mol. The van der Waals surface area contributed by atoms with E-state index in [0.717, 1.165) is 11.5 Å². The minimum Gasteiger partial charge on any atom is -0.458 e. The van der Waals surface area contributed by atoms with E-state index in [1.165, 1.54) is 65.6 Å². The van der Waals surface area contributed by atoms with E-state index in [1.54, 1.807) is 0 Å². The van der Waals surface area contributed by atoms with Crippen molar-refractivity contribution in [3.63, 3.8) is 0 Å². The van der Waals surface area contributed by atoms with Gasteiger partial charge in [-0.15, -0.1) is 0 Å². The van der Waals surface area contributed by atoms with E-state index in [4.69, 9.17) is 4.74 Å². The highest BCUT2D eigenvalue weighted by atomic mass is 16.5. The van der Waals surface area contributed by atoms with Gasteiger partial charge < -0.3 is 9.14 Å². The topological polar surface area (TPSA) is 13.6 Å². The highest BCUT2D eigenvalue weighted by Gasteiger charge is 2.36. The molecule has 0 radical (unpaired) electrons. The van der Waals surface area contributed by atoms with Gasteiger partial charge in [0.15, 0.2) is 0 Å². The van der Waals surface area contributed by atoms with Crippen molar-refractivity contribution in [1.82, 2.24) is 4.40 Å². The van der Waals surface area contributed by atoms with Crippen molar-refractivity contribution in [3.05, 3.63) is 133 Å². The molecule has 0 spiro atoms. The number of fused-ring (bicyclic) bond motifs is 9. The van der Waals surface area contributed by atoms with Gasteiger partial charge in [-0.1, -0.05) is 121 Å². The Kier molecular flexibility index (Phi) is 4.17. The average molecular weight is 495 g/mol. The smallest absolute Gasteiger partial charge is 0.251 e. The van der Waals surface area contributed by atoms with Crippen LogP contribution in [-0.4, -0.2) is 11.1 Å². The van der Waals surface area contributed by atoms with E-state index in [1.807, 2.05) is 0 Å². The lowest BCUT2D eigenvalue weighted by molar-refractivity contribution is 0.493. The third-order valence-electron chi connectivity index (χ3n) is 8.46. The fourth-order valence-electron chi connectivity index (χ4n) is 6.89. The van der Waals surface area contributed by atoms with Gasteiger partial charge in [-0.25, -0.2) is 0 Å². The van der Waals surface area contributed by atoms with Gasteiger partial charge in [0.05, 0.1) is 21.9 Å². The minimum absolute atomic E-state index is 0.0388. The highest BCUT2D eigenvalue weighted by Crippen LogP contribution is 2.44. The van der Waals surface area contributed by atoms with Crippen molar-refractivity contribution in [2.75, 3.05) is 0 Å². The van der Waals surface area contributed by atoms with Crippen LogP contribution in [0.1, 0.15) is 0 Å². The molecule has 9 rings (SSSR count). The quantitative estimate of drug-likeness (QED) is 0.233. The molecule has 0 saturated carbocycles. The maximum absolute atomic E-state index is 6.88. The summed E-state index contributed by atoms with van der Waals surface area (Å²) in [7, 11) is 0. The molecule has 1 aliphatic heterocycles. The molecule has 8 aromatic rings. The maximum Gasteiger partial charge on any atom is 0.251 e. The first-order valence-electron chi connectivity index (χ1n) is 13.5. The summed E-state index contributed by atoms with van der Waals surface area (Å²) in [6.07, 6.45) is 0. The van der Waals surface area contributed by atoms with Crippen LogP contribution in [-0.2, 0) is 0 Å². The molecule has 0 atom stereocenters. The fourth-order valence-corrected chi connectivity index (χ4v) is 6.89. The summed E-state index contributed by atoms with van der Waals surface area (Å²) in [6.45, 7) is 0.0388. The molecule has 2 nitrogen and oxygen atoms in total. The molecule has 180 valence electrons. The van der Waals surface area contributed by atoms with Gasteiger partial charge in [-0.2, -0.15) is 0 Å². The number of para-hydroxylation sites is 3. The first-order valence-corrected chi connectivity index (χ1v) is 13.5. The lowest BCUT2D eigenvalue weighted by Crippen LogP contribution is -2.55. The number of ether oxygens (including phenoxy) is 1. The van der Waals surface area contributed by atoms with Crippen molar-refractivity contribution in [2.24, 2.45) is 0 Å². The molecular formula is C36H22BNO. The second-order valence-electron chi connectivity index (χ2n) is 10.5. The summed E-state index contributed by atoms with van der Waals surface area (Å²) in [6, 6.07) is 48.0. The van der Waals surface area contributed by atoms with Crippen LogP contribution in [0.4, 0.5) is 0 Å². The third-order valence-corrected chi connectivity index (χ3v) is 8.46. The maximum atomic E-state index is 6.88. The van der Waals surface area contributed by atoms with Crippen molar-refractivity contribution < 1.29 is 4.74 Å². The Morgan fingerprint density at radius 2 is 1.15 bits per heavy atom. The van der Waals surface area contributed by atoms with Crippen LogP contribution in [0.5, 0.6) is 11.5 Å². The second-order valence-corrected chi connectivity index (χ2v) is 10.5. The van der Waals surface area contributed by atoms with E-state index >= 15 is 0 Å². The second kappa shape index (κ2) is 7.75. The van der Waals surface area contributed by atoms with Gasteiger partial charge in [-0.3, -0.25) is 0 Å². The summed E-state index contributed by atoms with van der Waals surface area (Å²) in [4.78, 5) is 0. The first-order chi connectivity index (χ1) is 19.4. The van der Waals surface area contributed by atoms with Crippen LogP contribution < -0.4 is 21.1 Å². The van der Waals surface area contributed by atoms with E-state index in [-0.39, 0.29) is 6.71 Å². The van der Waals surface area contributed by atoms with Gasteiger partial charge in [0.25, 0.3) is 6.71 Å². The van der Waals surface area contributed by atoms with Crippen LogP contribution in [0.15, 0.2) is 133 Å². The normalized spacial score (nSPS) is 12.8. The summed E-state index contributed by atoms with van der Waals surface area (Å²) in [5, 5.41) is 4.99. The molecule has 39 heavy (non-hydrogen) atoms. The summed E-state index contributed by atoms with van der Waals surface area (Å²) in [5.74, 6) is 1.91. The number of aromatic nitrogens is 1. The summed E-state index contributed by atoms with van der Waals surface area (Å²) >= 11 is 0. The van der Waals surface area contributed by atoms with Crippen LogP contribution in [0, 0.1) is 0 Å². The molecule has 0 bridgehead atoms. The SMILES string of the molecule is c1ccc(-c2ccccc2B2c3ccccc3Oc3c2cc2c4ccccc4n4c5ccccc5c3c24)cc1. The molecule has 3 heteroatoms. The lowest BCUT2D eigenvalue weighted by Gasteiger charge is -2.29. The van der Waals surface area contributed by atoms with Gasteiger partial charge in [-0.05, 0) is 40.3 Å². The Morgan fingerprint density at radius 1 is 0.513 bits per heavy atom. The molecule has 0 fully saturated rings. The Bertz CT molecular complexity index is 2210. The zero-order valence-corrected chi connectivity index (χ0v) is 21.1. The Morgan fingerprint density at radius 3 is 2.00 bits per heavy atom. The Labute approximate surface area is 226 Å². The Balaban J connectivity index is 1.47.